The van der Waals surface area contributed by atoms with Crippen molar-refractivity contribution in [3.8, 4) is 5.75 Å². The van der Waals surface area contributed by atoms with Gasteiger partial charge in [-0.2, -0.15) is 0 Å². The zero-order chi connectivity index (χ0) is 16.6. The first-order valence-corrected chi connectivity index (χ1v) is 7.41. The number of nitrogens with zero attached hydrogens (tertiary/aromatic N) is 1. The van der Waals surface area contributed by atoms with Crippen molar-refractivity contribution < 1.29 is 9.52 Å². The lowest BCUT2D eigenvalue weighted by Gasteiger charge is -2.05. The Balaban J connectivity index is 2.10. The Morgan fingerprint density at radius 3 is 2.57 bits per heavy atom. The summed E-state index contributed by atoms with van der Waals surface area (Å²) in [5.41, 5.74) is 2.33. The molecule has 0 saturated heterocycles. The largest absolute Gasteiger partial charge is 0.507 e. The average Bonchev–Trinajstić information content (AvgIpc) is 2.52. The lowest BCUT2D eigenvalue weighted by atomic mass is 10.1. The molecule has 0 fully saturated rings. The van der Waals surface area contributed by atoms with Gasteiger partial charge in [0.1, 0.15) is 10.8 Å². The highest BCUT2D eigenvalue weighted by Crippen LogP contribution is 2.27. The van der Waals surface area contributed by atoms with E-state index in [0.29, 0.717) is 10.9 Å². The number of aryl methyl sites for hydroxylation is 2. The molecule has 116 valence electrons. The Morgan fingerprint density at radius 2 is 1.87 bits per heavy atom. The Labute approximate surface area is 137 Å². The Bertz CT molecular complexity index is 966. The van der Waals surface area contributed by atoms with Crippen LogP contribution in [0.2, 0.25) is 0 Å². The summed E-state index contributed by atoms with van der Waals surface area (Å²) >= 11 is 6.26. The van der Waals surface area contributed by atoms with Crippen LogP contribution in [-0.2, 0) is 0 Å². The number of benzene rings is 2. The molecule has 5 heteroatoms. The second kappa shape index (κ2) is 5.89. The highest BCUT2D eigenvalue weighted by Gasteiger charge is 2.10. The third kappa shape index (κ3) is 2.98. The SMILES string of the molecule is Cc1cc(/C=C(\Cl)c2nc3ccccc3c(=O)o2)cc(C)c1O. The van der Waals surface area contributed by atoms with E-state index >= 15 is 0 Å². The number of fused-ring (bicyclic) bond motifs is 1. The zero-order valence-electron chi connectivity index (χ0n) is 12.6. The van der Waals surface area contributed by atoms with Gasteiger partial charge < -0.3 is 9.52 Å². The van der Waals surface area contributed by atoms with Crippen LogP contribution in [0.1, 0.15) is 22.6 Å². The normalized spacial score (nSPS) is 11.9. The van der Waals surface area contributed by atoms with Gasteiger partial charge in [0.05, 0.1) is 10.9 Å². The monoisotopic (exact) mass is 327 g/mol. The van der Waals surface area contributed by atoms with E-state index in [1.807, 2.05) is 13.8 Å². The van der Waals surface area contributed by atoms with Crippen LogP contribution in [0.5, 0.6) is 5.75 Å². The molecule has 0 radical (unpaired) electrons. The van der Waals surface area contributed by atoms with Crippen molar-refractivity contribution in [2.45, 2.75) is 13.8 Å². The molecule has 0 atom stereocenters. The summed E-state index contributed by atoms with van der Waals surface area (Å²) < 4.78 is 5.19. The zero-order valence-corrected chi connectivity index (χ0v) is 13.4. The summed E-state index contributed by atoms with van der Waals surface area (Å²) in [4.78, 5) is 16.3. The van der Waals surface area contributed by atoms with Crippen LogP contribution in [0, 0.1) is 13.8 Å². The van der Waals surface area contributed by atoms with Crippen molar-refractivity contribution in [2.75, 3.05) is 0 Å². The molecule has 0 aliphatic rings. The fourth-order valence-corrected chi connectivity index (χ4v) is 2.61. The first-order chi connectivity index (χ1) is 11.0. The molecule has 4 nitrogen and oxygen atoms in total. The summed E-state index contributed by atoms with van der Waals surface area (Å²) in [5, 5.41) is 10.4. The van der Waals surface area contributed by atoms with Crippen molar-refractivity contribution in [3.05, 3.63) is 69.4 Å². The predicted octanol–water partition coefficient (Wildman–Crippen LogP) is 4.25. The molecule has 0 unspecified atom stereocenters. The van der Waals surface area contributed by atoms with Gasteiger partial charge >= 0.3 is 5.63 Å². The predicted molar refractivity (Wildman–Crippen MR) is 91.6 cm³/mol. The lowest BCUT2D eigenvalue weighted by molar-refractivity contribution is 0.467. The molecule has 1 aromatic heterocycles. The highest BCUT2D eigenvalue weighted by atomic mass is 35.5. The van der Waals surface area contributed by atoms with Crippen LogP contribution in [0.15, 0.2) is 45.6 Å². The number of aromatic nitrogens is 1. The van der Waals surface area contributed by atoms with Gasteiger partial charge in [-0.15, -0.1) is 0 Å². The van der Waals surface area contributed by atoms with E-state index in [0.717, 1.165) is 16.7 Å². The molecular weight excluding hydrogens is 314 g/mol. The number of phenols is 1. The van der Waals surface area contributed by atoms with E-state index in [-0.39, 0.29) is 16.7 Å². The minimum Gasteiger partial charge on any atom is -0.507 e. The number of para-hydroxylation sites is 1. The summed E-state index contributed by atoms with van der Waals surface area (Å²) in [6.45, 7) is 3.62. The van der Waals surface area contributed by atoms with Crippen molar-refractivity contribution in [1.82, 2.24) is 4.98 Å². The van der Waals surface area contributed by atoms with Crippen LogP contribution in [-0.4, -0.2) is 10.1 Å². The molecule has 0 saturated carbocycles. The Kier molecular flexibility index (Phi) is 3.92. The molecule has 3 aromatic rings. The number of aromatic hydroxyl groups is 1. The molecular formula is C18H14ClNO3. The van der Waals surface area contributed by atoms with Gasteiger partial charge in [0.15, 0.2) is 0 Å². The molecule has 2 aromatic carbocycles. The maximum Gasteiger partial charge on any atom is 0.347 e. The number of hydrogen-bond acceptors (Lipinski definition) is 4. The lowest BCUT2D eigenvalue weighted by Crippen LogP contribution is -2.03. The van der Waals surface area contributed by atoms with E-state index in [4.69, 9.17) is 16.0 Å². The van der Waals surface area contributed by atoms with Crippen LogP contribution < -0.4 is 5.63 Å². The van der Waals surface area contributed by atoms with Crippen LogP contribution in [0.4, 0.5) is 0 Å². The van der Waals surface area contributed by atoms with Gasteiger partial charge in [-0.05, 0) is 60.9 Å². The van der Waals surface area contributed by atoms with Crippen LogP contribution in [0.25, 0.3) is 22.0 Å². The van der Waals surface area contributed by atoms with Crippen molar-refractivity contribution in [1.29, 1.82) is 0 Å². The van der Waals surface area contributed by atoms with Gasteiger partial charge in [-0.1, -0.05) is 23.7 Å². The van der Waals surface area contributed by atoms with E-state index < -0.39 is 5.63 Å². The summed E-state index contributed by atoms with van der Waals surface area (Å²) in [6, 6.07) is 10.5. The minimum atomic E-state index is -0.477. The molecule has 3 rings (SSSR count). The highest BCUT2D eigenvalue weighted by molar-refractivity contribution is 6.50. The first kappa shape index (κ1) is 15.3. The molecule has 0 aliphatic carbocycles. The van der Waals surface area contributed by atoms with Gasteiger partial charge in [-0.3, -0.25) is 0 Å². The van der Waals surface area contributed by atoms with Crippen molar-refractivity contribution in [3.63, 3.8) is 0 Å². The first-order valence-electron chi connectivity index (χ1n) is 7.03. The summed E-state index contributed by atoms with van der Waals surface area (Å²) in [5.74, 6) is 0.326. The fraction of sp³-hybridized carbons (Fsp3) is 0.111. The van der Waals surface area contributed by atoms with E-state index in [1.165, 1.54) is 0 Å². The topological polar surface area (TPSA) is 63.3 Å². The fourth-order valence-electron chi connectivity index (χ4n) is 2.40. The van der Waals surface area contributed by atoms with Gasteiger partial charge in [0.25, 0.3) is 0 Å². The Morgan fingerprint density at radius 1 is 1.22 bits per heavy atom. The number of rotatable bonds is 2. The number of halogens is 1. The average molecular weight is 328 g/mol. The molecule has 1 heterocycles. The number of phenolic OH excluding ortho intramolecular Hbond substituents is 1. The quantitative estimate of drug-likeness (QED) is 0.764. The van der Waals surface area contributed by atoms with Gasteiger partial charge in [0.2, 0.25) is 5.89 Å². The van der Waals surface area contributed by atoms with Crippen molar-refractivity contribution >= 4 is 33.6 Å². The molecule has 0 aliphatic heterocycles. The third-order valence-corrected chi connectivity index (χ3v) is 3.82. The Hall–Kier alpha value is -2.59. The minimum absolute atomic E-state index is 0.0683. The molecule has 23 heavy (non-hydrogen) atoms. The van der Waals surface area contributed by atoms with Gasteiger partial charge in [-0.25, -0.2) is 9.78 Å². The molecule has 1 N–H and O–H groups in total. The standard InChI is InChI=1S/C18H14ClNO3/c1-10-7-12(8-11(2)16(10)21)9-14(19)17-20-15-6-4-3-5-13(15)18(22)23-17/h3-9,21H,1-2H3/b14-9-. The van der Waals surface area contributed by atoms with E-state index in [1.54, 1.807) is 42.5 Å². The maximum absolute atomic E-state index is 12.0. The summed E-state index contributed by atoms with van der Waals surface area (Å²) in [6.07, 6.45) is 1.65. The summed E-state index contributed by atoms with van der Waals surface area (Å²) in [7, 11) is 0. The van der Waals surface area contributed by atoms with Crippen LogP contribution in [0.3, 0.4) is 0 Å². The van der Waals surface area contributed by atoms with Gasteiger partial charge in [0, 0.05) is 0 Å². The maximum atomic E-state index is 12.0. The molecule has 0 amide bonds. The smallest absolute Gasteiger partial charge is 0.347 e. The second-order valence-corrected chi connectivity index (χ2v) is 5.73. The van der Waals surface area contributed by atoms with E-state index in [2.05, 4.69) is 4.98 Å². The molecule has 0 bridgehead atoms. The second-order valence-electron chi connectivity index (χ2n) is 5.32. The van der Waals surface area contributed by atoms with Crippen LogP contribution >= 0.6 is 11.6 Å². The van der Waals surface area contributed by atoms with E-state index in [9.17, 15) is 9.90 Å². The van der Waals surface area contributed by atoms with Crippen molar-refractivity contribution in [2.24, 2.45) is 0 Å². The number of hydrogen-bond donors (Lipinski definition) is 1. The molecule has 0 spiro atoms. The third-order valence-electron chi connectivity index (χ3n) is 3.55.